The van der Waals surface area contributed by atoms with Gasteiger partial charge in [0.2, 0.25) is 0 Å². The summed E-state index contributed by atoms with van der Waals surface area (Å²) in [6.45, 7) is 0.495. The molecule has 0 saturated heterocycles. The van der Waals surface area contributed by atoms with Gasteiger partial charge in [-0.15, -0.1) is 0 Å². The second-order valence-electron chi connectivity index (χ2n) is 4.23. The standard InChI is InChI=1S/C15H16O4/c1-18-14-9-12(7-8-13(14)15(16)17)19-10-11-5-3-2-4-6-11/h2-6,8-9,12H,7,10H2,1H3,(H,16,17). The second kappa shape index (κ2) is 6.20. The molecule has 1 aliphatic rings. The van der Waals surface area contributed by atoms with Crippen molar-refractivity contribution >= 4 is 5.97 Å². The molecule has 2 rings (SSSR count). The number of carbonyl (C=O) groups is 1. The maximum Gasteiger partial charge on any atom is 0.339 e. The zero-order chi connectivity index (χ0) is 13.7. The van der Waals surface area contributed by atoms with E-state index in [1.54, 1.807) is 12.2 Å². The van der Waals surface area contributed by atoms with Crippen LogP contribution >= 0.6 is 0 Å². The molecule has 0 saturated carbocycles. The van der Waals surface area contributed by atoms with Crippen LogP contribution in [0.25, 0.3) is 0 Å². The first-order chi connectivity index (χ1) is 9.20. The van der Waals surface area contributed by atoms with E-state index in [0.717, 1.165) is 5.56 Å². The van der Waals surface area contributed by atoms with Gasteiger partial charge in [0.25, 0.3) is 0 Å². The van der Waals surface area contributed by atoms with Crippen molar-refractivity contribution in [2.75, 3.05) is 7.11 Å². The Morgan fingerprint density at radius 3 is 2.74 bits per heavy atom. The Morgan fingerprint density at radius 1 is 1.37 bits per heavy atom. The van der Waals surface area contributed by atoms with Crippen LogP contribution in [-0.2, 0) is 20.9 Å². The van der Waals surface area contributed by atoms with Crippen molar-refractivity contribution in [3.05, 3.63) is 59.4 Å². The number of ether oxygens (including phenoxy) is 2. The lowest BCUT2D eigenvalue weighted by molar-refractivity contribution is -0.132. The van der Waals surface area contributed by atoms with Crippen LogP contribution in [0.4, 0.5) is 0 Å². The first-order valence-corrected chi connectivity index (χ1v) is 6.06. The Balaban J connectivity index is 1.97. The van der Waals surface area contributed by atoms with E-state index < -0.39 is 5.97 Å². The molecule has 0 fully saturated rings. The normalized spacial score (nSPS) is 18.5. The highest BCUT2D eigenvalue weighted by Crippen LogP contribution is 2.22. The second-order valence-corrected chi connectivity index (χ2v) is 4.23. The van der Waals surface area contributed by atoms with E-state index >= 15 is 0 Å². The SMILES string of the molecule is COC1=CC(OCc2ccccc2)CC=C1C(=O)O. The molecule has 1 aromatic carbocycles. The molecule has 0 radical (unpaired) electrons. The van der Waals surface area contributed by atoms with Gasteiger partial charge in [0.1, 0.15) is 5.76 Å². The van der Waals surface area contributed by atoms with Crippen molar-refractivity contribution in [3.8, 4) is 0 Å². The Bertz CT molecular complexity index is 502. The molecule has 1 atom stereocenters. The fourth-order valence-electron chi connectivity index (χ4n) is 1.93. The van der Waals surface area contributed by atoms with Crippen molar-refractivity contribution in [3.63, 3.8) is 0 Å². The Kier molecular flexibility index (Phi) is 4.36. The summed E-state index contributed by atoms with van der Waals surface area (Å²) in [5.41, 5.74) is 1.28. The highest BCUT2D eigenvalue weighted by Gasteiger charge is 2.21. The Labute approximate surface area is 112 Å². The topological polar surface area (TPSA) is 55.8 Å². The molecule has 1 aromatic rings. The van der Waals surface area contributed by atoms with Crippen LogP contribution < -0.4 is 0 Å². The molecule has 19 heavy (non-hydrogen) atoms. The van der Waals surface area contributed by atoms with Crippen LogP contribution in [0.2, 0.25) is 0 Å². The first-order valence-electron chi connectivity index (χ1n) is 6.06. The number of methoxy groups -OCH3 is 1. The van der Waals surface area contributed by atoms with E-state index in [1.165, 1.54) is 7.11 Å². The third-order valence-electron chi connectivity index (χ3n) is 2.91. The van der Waals surface area contributed by atoms with Gasteiger partial charge < -0.3 is 14.6 Å². The monoisotopic (exact) mass is 260 g/mol. The van der Waals surface area contributed by atoms with E-state index in [0.29, 0.717) is 18.8 Å². The minimum Gasteiger partial charge on any atom is -0.496 e. The molecule has 0 aromatic heterocycles. The van der Waals surface area contributed by atoms with Gasteiger partial charge in [-0.05, 0) is 18.1 Å². The average Bonchev–Trinajstić information content (AvgIpc) is 2.45. The van der Waals surface area contributed by atoms with Gasteiger partial charge in [-0.1, -0.05) is 36.4 Å². The minimum atomic E-state index is -0.977. The largest absolute Gasteiger partial charge is 0.496 e. The van der Waals surface area contributed by atoms with E-state index in [1.807, 2.05) is 30.3 Å². The van der Waals surface area contributed by atoms with E-state index in [2.05, 4.69) is 0 Å². The highest BCUT2D eigenvalue weighted by atomic mass is 16.5. The molecular weight excluding hydrogens is 244 g/mol. The third kappa shape index (κ3) is 3.45. The highest BCUT2D eigenvalue weighted by molar-refractivity contribution is 5.91. The molecule has 1 aliphatic carbocycles. The number of carboxylic acid groups (broad SMARTS) is 1. The van der Waals surface area contributed by atoms with Crippen LogP contribution in [-0.4, -0.2) is 24.3 Å². The fraction of sp³-hybridized carbons (Fsp3) is 0.267. The van der Waals surface area contributed by atoms with Crippen LogP contribution in [0.5, 0.6) is 0 Å². The number of hydrogen-bond donors (Lipinski definition) is 1. The van der Waals surface area contributed by atoms with Crippen LogP contribution in [0.1, 0.15) is 12.0 Å². The fourth-order valence-corrected chi connectivity index (χ4v) is 1.93. The summed E-state index contributed by atoms with van der Waals surface area (Å²) in [5, 5.41) is 9.00. The quantitative estimate of drug-likeness (QED) is 0.883. The number of hydrogen-bond acceptors (Lipinski definition) is 3. The van der Waals surface area contributed by atoms with E-state index in [9.17, 15) is 4.79 Å². The Hall–Kier alpha value is -2.07. The molecular formula is C15H16O4. The molecule has 0 aliphatic heterocycles. The number of aliphatic carboxylic acids is 1. The smallest absolute Gasteiger partial charge is 0.339 e. The predicted molar refractivity (Wildman–Crippen MR) is 70.4 cm³/mol. The van der Waals surface area contributed by atoms with Gasteiger partial charge in [-0.25, -0.2) is 4.79 Å². The maximum atomic E-state index is 11.0. The minimum absolute atomic E-state index is 0.154. The van der Waals surface area contributed by atoms with Crippen molar-refractivity contribution in [2.45, 2.75) is 19.1 Å². The molecule has 1 unspecified atom stereocenters. The van der Waals surface area contributed by atoms with Crippen molar-refractivity contribution in [1.82, 2.24) is 0 Å². The van der Waals surface area contributed by atoms with Gasteiger partial charge in [-0.2, -0.15) is 0 Å². The van der Waals surface area contributed by atoms with Crippen molar-refractivity contribution < 1.29 is 19.4 Å². The maximum absolute atomic E-state index is 11.0. The van der Waals surface area contributed by atoms with E-state index in [-0.39, 0.29) is 11.7 Å². The van der Waals surface area contributed by atoms with Crippen LogP contribution in [0.3, 0.4) is 0 Å². The first kappa shape index (κ1) is 13.4. The van der Waals surface area contributed by atoms with Gasteiger partial charge in [-0.3, -0.25) is 0 Å². The number of rotatable bonds is 5. The third-order valence-corrected chi connectivity index (χ3v) is 2.91. The molecule has 100 valence electrons. The Morgan fingerprint density at radius 2 is 2.11 bits per heavy atom. The zero-order valence-corrected chi connectivity index (χ0v) is 10.7. The van der Waals surface area contributed by atoms with E-state index in [4.69, 9.17) is 14.6 Å². The van der Waals surface area contributed by atoms with Gasteiger partial charge in [0.05, 0.1) is 25.4 Å². The van der Waals surface area contributed by atoms with Crippen LogP contribution in [0.15, 0.2) is 53.8 Å². The number of benzene rings is 1. The van der Waals surface area contributed by atoms with Gasteiger partial charge in [0.15, 0.2) is 0 Å². The van der Waals surface area contributed by atoms with Crippen molar-refractivity contribution in [2.24, 2.45) is 0 Å². The lowest BCUT2D eigenvalue weighted by Crippen LogP contribution is -2.18. The summed E-state index contributed by atoms with van der Waals surface area (Å²) in [6.07, 6.45) is 3.74. The summed E-state index contributed by atoms with van der Waals surface area (Å²) >= 11 is 0. The average molecular weight is 260 g/mol. The van der Waals surface area contributed by atoms with Crippen LogP contribution in [0, 0.1) is 0 Å². The lowest BCUT2D eigenvalue weighted by Gasteiger charge is -2.19. The molecule has 4 heteroatoms. The van der Waals surface area contributed by atoms with Crippen molar-refractivity contribution in [1.29, 1.82) is 0 Å². The summed E-state index contributed by atoms with van der Waals surface area (Å²) < 4.78 is 10.8. The molecule has 4 nitrogen and oxygen atoms in total. The lowest BCUT2D eigenvalue weighted by atomic mass is 10.0. The zero-order valence-electron chi connectivity index (χ0n) is 10.7. The molecule has 0 bridgehead atoms. The summed E-state index contributed by atoms with van der Waals surface area (Å²) in [5.74, 6) is -0.619. The summed E-state index contributed by atoms with van der Waals surface area (Å²) in [7, 11) is 1.46. The summed E-state index contributed by atoms with van der Waals surface area (Å²) in [6, 6.07) is 9.84. The van der Waals surface area contributed by atoms with Gasteiger partial charge in [0, 0.05) is 0 Å². The van der Waals surface area contributed by atoms with Gasteiger partial charge >= 0.3 is 5.97 Å². The predicted octanol–water partition coefficient (Wildman–Crippen LogP) is 2.52. The molecule has 0 spiro atoms. The molecule has 0 amide bonds. The summed E-state index contributed by atoms with van der Waals surface area (Å²) in [4.78, 5) is 11.0. The molecule has 1 N–H and O–H groups in total. The number of carboxylic acids is 1. The molecule has 0 heterocycles.